The lowest BCUT2D eigenvalue weighted by Crippen LogP contribution is -2.50. The maximum atomic E-state index is 12.3. The number of carbonyl (C=O) groups is 1. The molecule has 8 heteroatoms. The molecule has 1 fully saturated rings. The average molecular weight is 441 g/mol. The molecule has 1 aromatic heterocycles. The lowest BCUT2D eigenvalue weighted by Gasteiger charge is -2.50. The van der Waals surface area contributed by atoms with E-state index in [4.69, 9.17) is 10.8 Å². The van der Waals surface area contributed by atoms with Crippen molar-refractivity contribution in [3.63, 3.8) is 0 Å². The number of urea groups is 1. The van der Waals surface area contributed by atoms with Gasteiger partial charge in [-0.3, -0.25) is 9.80 Å². The summed E-state index contributed by atoms with van der Waals surface area (Å²) >= 11 is 0. The summed E-state index contributed by atoms with van der Waals surface area (Å²) < 4.78 is 0. The van der Waals surface area contributed by atoms with Crippen LogP contribution in [0.15, 0.2) is 42.7 Å². The smallest absolute Gasteiger partial charge is 0.319 e. The summed E-state index contributed by atoms with van der Waals surface area (Å²) in [4.78, 5) is 26.7. The van der Waals surface area contributed by atoms with Gasteiger partial charge < -0.3 is 15.7 Å². The van der Waals surface area contributed by atoms with Crippen molar-refractivity contribution in [1.29, 1.82) is 0 Å². The minimum absolute atomic E-state index is 0.000371. The topological polar surface area (TPSA) is 98.8 Å². The van der Waals surface area contributed by atoms with Crippen LogP contribution < -0.4 is 15.5 Å². The molecule has 2 amide bonds. The Bertz CT molecular complexity index is 879. The number of nitrogens with two attached hydrogens (primary N) is 1. The monoisotopic (exact) mass is 440 g/mol. The fourth-order valence-electron chi connectivity index (χ4n) is 4.75. The SMILES string of the molecule is CN(CCO)c1ncc(N(C[C@]2(C)CC[C@@](c3ccccc3)(N(C)C)CC2)C(N)=O)cn1. The van der Waals surface area contributed by atoms with Gasteiger partial charge in [0.15, 0.2) is 0 Å². The number of aromatic nitrogens is 2. The molecule has 0 saturated heterocycles. The number of amides is 2. The third-order valence-electron chi connectivity index (χ3n) is 6.97. The van der Waals surface area contributed by atoms with Crippen LogP contribution in [-0.2, 0) is 5.54 Å². The van der Waals surface area contributed by atoms with Crippen LogP contribution in [-0.4, -0.2) is 66.8 Å². The number of hydrogen-bond acceptors (Lipinski definition) is 6. The van der Waals surface area contributed by atoms with E-state index in [1.807, 2.05) is 7.05 Å². The number of aliphatic hydroxyl groups excluding tert-OH is 1. The summed E-state index contributed by atoms with van der Waals surface area (Å²) in [7, 11) is 6.11. The number of primary amides is 1. The summed E-state index contributed by atoms with van der Waals surface area (Å²) in [5.41, 5.74) is 7.64. The number of hydrogen-bond donors (Lipinski definition) is 2. The lowest BCUT2D eigenvalue weighted by atomic mass is 9.65. The maximum Gasteiger partial charge on any atom is 0.319 e. The molecule has 3 rings (SSSR count). The normalized spacial score (nSPS) is 23.2. The van der Waals surface area contributed by atoms with Gasteiger partial charge in [-0.15, -0.1) is 0 Å². The van der Waals surface area contributed by atoms with Crippen molar-refractivity contribution in [3.8, 4) is 0 Å². The molecular formula is C24H36N6O2. The molecule has 174 valence electrons. The first-order valence-corrected chi connectivity index (χ1v) is 11.1. The quantitative estimate of drug-likeness (QED) is 0.655. The third-order valence-corrected chi connectivity index (χ3v) is 6.97. The first-order chi connectivity index (χ1) is 15.2. The van der Waals surface area contributed by atoms with Crippen LogP contribution >= 0.6 is 0 Å². The van der Waals surface area contributed by atoms with Crippen LogP contribution in [0.1, 0.15) is 38.2 Å². The van der Waals surface area contributed by atoms with E-state index in [9.17, 15) is 4.79 Å². The maximum absolute atomic E-state index is 12.3. The number of carbonyl (C=O) groups excluding carboxylic acids is 1. The standard InChI is InChI=1S/C24H36N6O2/c1-23(10-12-24(13-11-23,28(2)3)19-8-6-5-7-9-19)18-30(21(25)32)20-16-26-22(27-17-20)29(4)14-15-31/h5-9,16-17,31H,10-15,18H2,1-4H3,(H2,25,32)/t23-,24-. The van der Waals surface area contributed by atoms with Crippen molar-refractivity contribution in [2.45, 2.75) is 38.1 Å². The zero-order chi connectivity index (χ0) is 23.4. The van der Waals surface area contributed by atoms with E-state index in [-0.39, 0.29) is 17.6 Å². The zero-order valence-corrected chi connectivity index (χ0v) is 19.7. The highest BCUT2D eigenvalue weighted by molar-refractivity contribution is 5.90. The highest BCUT2D eigenvalue weighted by atomic mass is 16.3. The molecule has 2 aromatic rings. The van der Waals surface area contributed by atoms with Crippen molar-refractivity contribution >= 4 is 17.7 Å². The molecule has 1 aliphatic rings. The number of anilines is 2. The van der Waals surface area contributed by atoms with Crippen LogP contribution in [0.25, 0.3) is 0 Å². The minimum atomic E-state index is -0.501. The fourth-order valence-corrected chi connectivity index (χ4v) is 4.75. The van der Waals surface area contributed by atoms with Crippen molar-refractivity contribution in [2.75, 3.05) is 50.6 Å². The Morgan fingerprint density at radius 3 is 2.16 bits per heavy atom. The minimum Gasteiger partial charge on any atom is -0.395 e. The average Bonchev–Trinajstić information content (AvgIpc) is 2.79. The zero-order valence-electron chi connectivity index (χ0n) is 19.7. The molecule has 32 heavy (non-hydrogen) atoms. The lowest BCUT2D eigenvalue weighted by molar-refractivity contribution is 0.0459. The van der Waals surface area contributed by atoms with E-state index in [0.29, 0.717) is 24.7 Å². The number of nitrogens with zero attached hydrogens (tertiary/aromatic N) is 5. The van der Waals surface area contributed by atoms with Gasteiger partial charge in [-0.1, -0.05) is 37.3 Å². The summed E-state index contributed by atoms with van der Waals surface area (Å²) in [5.74, 6) is 0.495. The van der Waals surface area contributed by atoms with Crippen molar-refractivity contribution in [3.05, 3.63) is 48.3 Å². The molecule has 1 aromatic carbocycles. The first-order valence-electron chi connectivity index (χ1n) is 11.1. The van der Waals surface area contributed by atoms with Gasteiger partial charge in [0.05, 0.1) is 24.7 Å². The summed E-state index contributed by atoms with van der Waals surface area (Å²) in [6, 6.07) is 10.2. The van der Waals surface area contributed by atoms with Gasteiger partial charge in [0, 0.05) is 25.7 Å². The Hall–Kier alpha value is -2.71. The van der Waals surface area contributed by atoms with E-state index >= 15 is 0 Å². The molecule has 0 aliphatic heterocycles. The molecule has 3 N–H and O–H groups in total. The number of aliphatic hydroxyl groups is 1. The Morgan fingerprint density at radius 2 is 1.66 bits per heavy atom. The second-order valence-corrected chi connectivity index (χ2v) is 9.41. The molecule has 8 nitrogen and oxygen atoms in total. The second-order valence-electron chi connectivity index (χ2n) is 9.41. The highest BCUT2D eigenvalue weighted by Gasteiger charge is 2.44. The Kier molecular flexibility index (Phi) is 7.36. The molecule has 0 spiro atoms. The Morgan fingerprint density at radius 1 is 1.06 bits per heavy atom. The van der Waals surface area contributed by atoms with E-state index in [1.54, 1.807) is 22.2 Å². The van der Waals surface area contributed by atoms with E-state index in [2.05, 4.69) is 66.2 Å². The van der Waals surface area contributed by atoms with Gasteiger partial charge in [0.1, 0.15) is 0 Å². The van der Waals surface area contributed by atoms with Crippen molar-refractivity contribution in [2.24, 2.45) is 11.1 Å². The first kappa shape index (κ1) is 23.9. The third kappa shape index (κ3) is 5.02. The summed E-state index contributed by atoms with van der Waals surface area (Å²) in [6.07, 6.45) is 7.22. The van der Waals surface area contributed by atoms with Gasteiger partial charge in [0.25, 0.3) is 0 Å². The van der Waals surface area contributed by atoms with Crippen molar-refractivity contribution < 1.29 is 9.90 Å². The van der Waals surface area contributed by atoms with Gasteiger partial charge in [-0.25, -0.2) is 14.8 Å². The van der Waals surface area contributed by atoms with Crippen LogP contribution in [0.3, 0.4) is 0 Å². The summed E-state index contributed by atoms with van der Waals surface area (Å²) in [6.45, 7) is 3.21. The molecule has 0 radical (unpaired) electrons. The number of benzene rings is 1. The molecule has 0 atom stereocenters. The molecular weight excluding hydrogens is 404 g/mol. The highest BCUT2D eigenvalue weighted by Crippen LogP contribution is 2.48. The second kappa shape index (κ2) is 9.83. The summed E-state index contributed by atoms with van der Waals surface area (Å²) in [5, 5.41) is 9.10. The van der Waals surface area contributed by atoms with E-state index in [1.165, 1.54) is 5.56 Å². The van der Waals surface area contributed by atoms with Gasteiger partial charge in [0.2, 0.25) is 5.95 Å². The van der Waals surface area contributed by atoms with Crippen LogP contribution in [0.4, 0.5) is 16.4 Å². The van der Waals surface area contributed by atoms with Gasteiger partial charge >= 0.3 is 6.03 Å². The molecule has 1 aliphatic carbocycles. The predicted octanol–water partition coefficient (Wildman–Crippen LogP) is 2.83. The van der Waals surface area contributed by atoms with Crippen LogP contribution in [0.5, 0.6) is 0 Å². The van der Waals surface area contributed by atoms with Crippen LogP contribution in [0.2, 0.25) is 0 Å². The Labute approximate surface area is 191 Å². The van der Waals surface area contributed by atoms with E-state index in [0.717, 1.165) is 25.7 Å². The molecule has 1 saturated carbocycles. The predicted molar refractivity (Wildman–Crippen MR) is 128 cm³/mol. The molecule has 1 heterocycles. The van der Waals surface area contributed by atoms with Crippen molar-refractivity contribution in [1.82, 2.24) is 14.9 Å². The molecule has 0 bridgehead atoms. The number of likely N-dealkylation sites (N-methyl/N-ethyl adjacent to an activating group) is 1. The number of rotatable bonds is 8. The van der Waals surface area contributed by atoms with Gasteiger partial charge in [-0.05, 0) is 50.8 Å². The van der Waals surface area contributed by atoms with Crippen LogP contribution in [0, 0.1) is 5.41 Å². The molecule has 0 unspecified atom stereocenters. The van der Waals surface area contributed by atoms with Gasteiger partial charge in [-0.2, -0.15) is 0 Å². The van der Waals surface area contributed by atoms with E-state index < -0.39 is 6.03 Å². The Balaban J connectivity index is 1.75. The largest absolute Gasteiger partial charge is 0.395 e. The fraction of sp³-hybridized carbons (Fsp3) is 0.542.